The van der Waals surface area contributed by atoms with Gasteiger partial charge in [-0.1, -0.05) is 75.1 Å². The van der Waals surface area contributed by atoms with Crippen LogP contribution >= 0.6 is 0 Å². The number of carbonyl (C=O) groups is 1. The van der Waals surface area contributed by atoms with Gasteiger partial charge < -0.3 is 14.8 Å². The van der Waals surface area contributed by atoms with Crippen LogP contribution in [0.5, 0.6) is 11.5 Å². The number of benzene rings is 3. The average molecular weight is 432 g/mol. The zero-order valence-electron chi connectivity index (χ0n) is 19.1. The van der Waals surface area contributed by atoms with Gasteiger partial charge >= 0.3 is 0 Å². The Kier molecular flexibility index (Phi) is 9.18. The lowest BCUT2D eigenvalue weighted by Gasteiger charge is -2.15. The second-order valence-electron chi connectivity index (χ2n) is 7.93. The van der Waals surface area contributed by atoms with E-state index in [-0.39, 0.29) is 5.91 Å². The zero-order chi connectivity index (χ0) is 22.6. The van der Waals surface area contributed by atoms with E-state index in [4.69, 9.17) is 9.47 Å². The van der Waals surface area contributed by atoms with Crippen LogP contribution in [0, 0.1) is 0 Å². The highest BCUT2D eigenvalue weighted by molar-refractivity contribution is 5.94. The SMILES string of the molecule is CCCCCCCOc1ccc(NC(=O)[C@H](C)Oc2ccc(-c3ccccc3)cc2)cc1. The molecule has 0 saturated heterocycles. The van der Waals surface area contributed by atoms with E-state index in [2.05, 4.69) is 24.4 Å². The van der Waals surface area contributed by atoms with Gasteiger partial charge in [0.05, 0.1) is 6.61 Å². The summed E-state index contributed by atoms with van der Waals surface area (Å²) in [5.74, 6) is 1.29. The molecule has 1 atom stereocenters. The van der Waals surface area contributed by atoms with Crippen molar-refractivity contribution in [3.05, 3.63) is 78.9 Å². The first-order chi connectivity index (χ1) is 15.7. The summed E-state index contributed by atoms with van der Waals surface area (Å²) in [6.45, 7) is 4.69. The first kappa shape index (κ1) is 23.4. The number of rotatable bonds is 12. The molecule has 1 amide bonds. The quantitative estimate of drug-likeness (QED) is 0.311. The Morgan fingerprint density at radius 1 is 0.781 bits per heavy atom. The maximum atomic E-state index is 12.5. The molecule has 32 heavy (non-hydrogen) atoms. The molecule has 0 spiro atoms. The Morgan fingerprint density at radius 3 is 2.09 bits per heavy atom. The van der Waals surface area contributed by atoms with Gasteiger partial charge in [0.25, 0.3) is 5.91 Å². The zero-order valence-corrected chi connectivity index (χ0v) is 19.1. The van der Waals surface area contributed by atoms with Gasteiger partial charge in [0.15, 0.2) is 6.10 Å². The summed E-state index contributed by atoms with van der Waals surface area (Å²) in [4.78, 5) is 12.5. The van der Waals surface area contributed by atoms with Crippen LogP contribution in [0.4, 0.5) is 5.69 Å². The van der Waals surface area contributed by atoms with Crippen molar-refractivity contribution in [1.82, 2.24) is 0 Å². The van der Waals surface area contributed by atoms with E-state index in [1.165, 1.54) is 25.7 Å². The highest BCUT2D eigenvalue weighted by atomic mass is 16.5. The third-order valence-electron chi connectivity index (χ3n) is 5.28. The first-order valence-corrected chi connectivity index (χ1v) is 11.5. The Morgan fingerprint density at radius 2 is 1.41 bits per heavy atom. The molecule has 0 heterocycles. The lowest BCUT2D eigenvalue weighted by molar-refractivity contribution is -0.122. The van der Waals surface area contributed by atoms with Crippen molar-refractivity contribution >= 4 is 11.6 Å². The number of ether oxygens (including phenoxy) is 2. The lowest BCUT2D eigenvalue weighted by atomic mass is 10.1. The van der Waals surface area contributed by atoms with Crippen LogP contribution in [0.3, 0.4) is 0 Å². The molecule has 0 saturated carbocycles. The molecule has 0 aliphatic heterocycles. The molecule has 4 heteroatoms. The Hall–Kier alpha value is -3.27. The molecule has 0 fully saturated rings. The summed E-state index contributed by atoms with van der Waals surface area (Å²) in [6.07, 6.45) is 5.46. The minimum Gasteiger partial charge on any atom is -0.494 e. The molecular formula is C28H33NO3. The summed E-state index contributed by atoms with van der Waals surface area (Å²) >= 11 is 0. The summed E-state index contributed by atoms with van der Waals surface area (Å²) in [5.41, 5.74) is 2.98. The second kappa shape index (κ2) is 12.6. The standard InChI is InChI=1S/C28H33NO3/c1-3-4-5-6-10-21-31-26-19-15-25(16-20-26)29-28(30)22(2)32-27-17-13-24(14-18-27)23-11-8-7-9-12-23/h7-9,11-20,22H,3-6,10,21H2,1-2H3,(H,29,30)/t22-/m0/s1. The van der Waals surface area contributed by atoms with E-state index in [1.807, 2.05) is 66.7 Å². The molecule has 0 aliphatic carbocycles. The smallest absolute Gasteiger partial charge is 0.265 e. The number of hydrogen-bond acceptors (Lipinski definition) is 3. The molecule has 168 valence electrons. The van der Waals surface area contributed by atoms with Gasteiger partial charge in [0.2, 0.25) is 0 Å². The van der Waals surface area contributed by atoms with Crippen LogP contribution in [0.15, 0.2) is 78.9 Å². The molecule has 4 nitrogen and oxygen atoms in total. The molecule has 3 rings (SSSR count). The predicted molar refractivity (Wildman–Crippen MR) is 131 cm³/mol. The van der Waals surface area contributed by atoms with Crippen LogP contribution in [-0.2, 0) is 4.79 Å². The minimum absolute atomic E-state index is 0.193. The average Bonchev–Trinajstić information content (AvgIpc) is 2.83. The van der Waals surface area contributed by atoms with Gasteiger partial charge in [-0.25, -0.2) is 0 Å². The van der Waals surface area contributed by atoms with E-state index in [0.717, 1.165) is 35.6 Å². The van der Waals surface area contributed by atoms with Crippen molar-refractivity contribution < 1.29 is 14.3 Å². The fourth-order valence-corrected chi connectivity index (χ4v) is 3.39. The van der Waals surface area contributed by atoms with E-state index >= 15 is 0 Å². The molecule has 0 aromatic heterocycles. The van der Waals surface area contributed by atoms with Gasteiger partial charge in [-0.3, -0.25) is 4.79 Å². The largest absolute Gasteiger partial charge is 0.494 e. The molecule has 0 unspecified atom stereocenters. The molecule has 0 radical (unpaired) electrons. The molecule has 1 N–H and O–H groups in total. The van der Waals surface area contributed by atoms with Crippen LogP contribution < -0.4 is 14.8 Å². The minimum atomic E-state index is -0.614. The number of anilines is 1. The van der Waals surface area contributed by atoms with Crippen LogP contribution in [0.1, 0.15) is 46.0 Å². The fourth-order valence-electron chi connectivity index (χ4n) is 3.39. The third kappa shape index (κ3) is 7.45. The molecular weight excluding hydrogens is 398 g/mol. The van der Waals surface area contributed by atoms with Gasteiger partial charge in [0, 0.05) is 5.69 Å². The summed E-state index contributed by atoms with van der Waals surface area (Å²) < 4.78 is 11.6. The van der Waals surface area contributed by atoms with Crippen LogP contribution in [-0.4, -0.2) is 18.6 Å². The molecule has 0 bridgehead atoms. The number of carbonyl (C=O) groups excluding carboxylic acids is 1. The van der Waals surface area contributed by atoms with Gasteiger partial charge in [-0.15, -0.1) is 0 Å². The van der Waals surface area contributed by atoms with Gasteiger partial charge in [-0.05, 0) is 60.9 Å². The Bertz CT molecular complexity index is 937. The highest BCUT2D eigenvalue weighted by Gasteiger charge is 2.15. The van der Waals surface area contributed by atoms with Crippen molar-refractivity contribution in [2.24, 2.45) is 0 Å². The number of nitrogens with one attached hydrogen (secondary N) is 1. The van der Waals surface area contributed by atoms with Crippen molar-refractivity contribution in [3.63, 3.8) is 0 Å². The maximum absolute atomic E-state index is 12.5. The number of amides is 1. The third-order valence-corrected chi connectivity index (χ3v) is 5.28. The maximum Gasteiger partial charge on any atom is 0.265 e. The van der Waals surface area contributed by atoms with Crippen LogP contribution in [0.2, 0.25) is 0 Å². The highest BCUT2D eigenvalue weighted by Crippen LogP contribution is 2.23. The normalized spacial score (nSPS) is 11.6. The van der Waals surface area contributed by atoms with Crippen molar-refractivity contribution in [2.45, 2.75) is 52.1 Å². The lowest BCUT2D eigenvalue weighted by Crippen LogP contribution is -2.30. The summed E-state index contributed by atoms with van der Waals surface area (Å²) in [5, 5.41) is 2.90. The van der Waals surface area contributed by atoms with E-state index in [1.54, 1.807) is 6.92 Å². The number of hydrogen-bond donors (Lipinski definition) is 1. The molecule has 0 aliphatic rings. The fraction of sp³-hybridized carbons (Fsp3) is 0.321. The van der Waals surface area contributed by atoms with Gasteiger partial charge in [-0.2, -0.15) is 0 Å². The van der Waals surface area contributed by atoms with Crippen LogP contribution in [0.25, 0.3) is 11.1 Å². The van der Waals surface area contributed by atoms with Crippen molar-refractivity contribution in [2.75, 3.05) is 11.9 Å². The van der Waals surface area contributed by atoms with Crippen molar-refractivity contribution in [1.29, 1.82) is 0 Å². The molecule has 3 aromatic carbocycles. The van der Waals surface area contributed by atoms with E-state index in [0.29, 0.717) is 5.75 Å². The topological polar surface area (TPSA) is 47.6 Å². The van der Waals surface area contributed by atoms with E-state index in [9.17, 15) is 4.79 Å². The first-order valence-electron chi connectivity index (χ1n) is 11.5. The van der Waals surface area contributed by atoms with Crippen molar-refractivity contribution in [3.8, 4) is 22.6 Å². The van der Waals surface area contributed by atoms with E-state index < -0.39 is 6.10 Å². The van der Waals surface area contributed by atoms with Gasteiger partial charge in [0.1, 0.15) is 11.5 Å². The monoisotopic (exact) mass is 431 g/mol. The number of unbranched alkanes of at least 4 members (excludes halogenated alkanes) is 4. The second-order valence-corrected chi connectivity index (χ2v) is 7.93. The molecule has 3 aromatic rings. The summed E-state index contributed by atoms with van der Waals surface area (Å²) in [6, 6.07) is 25.4. The summed E-state index contributed by atoms with van der Waals surface area (Å²) in [7, 11) is 0. The Balaban J connectivity index is 1.44. The Labute approximate surface area is 191 Å². The predicted octanol–water partition coefficient (Wildman–Crippen LogP) is 7.11.